The van der Waals surface area contributed by atoms with Crippen LogP contribution < -0.4 is 5.32 Å². The predicted molar refractivity (Wildman–Crippen MR) is 133 cm³/mol. The first-order valence-corrected chi connectivity index (χ1v) is 11.6. The van der Waals surface area contributed by atoms with Crippen molar-refractivity contribution in [3.05, 3.63) is 29.8 Å². The molecule has 0 bridgehead atoms. The van der Waals surface area contributed by atoms with Gasteiger partial charge in [0, 0.05) is 44.7 Å². The van der Waals surface area contributed by atoms with Crippen molar-refractivity contribution in [2.45, 2.75) is 73.1 Å². The summed E-state index contributed by atoms with van der Waals surface area (Å²) in [5.41, 5.74) is 1.81. The van der Waals surface area contributed by atoms with Gasteiger partial charge in [-0.3, -0.25) is 9.59 Å². The number of Topliss-reactive ketones (excluding diaryl/α,β-unsaturated/α-hetero) is 1. The normalized spacial score (nSPS) is 13.5. The Labute approximate surface area is 199 Å². The second kappa shape index (κ2) is 12.1. The molecule has 0 aliphatic rings. The zero-order chi connectivity index (χ0) is 25.5. The summed E-state index contributed by atoms with van der Waals surface area (Å²) in [5.74, 6) is -0.713. The standard InChI is InChI=1S/C26H43N3O4/c1-17(2)21(24(31)28(8)9)15-22(30)23(18(3)4)29(10)25(32)33-16-19-11-13-20(14-12-19)27-26(5,6)7/h11-14,17-18,21,23,27H,15-16H2,1-10H3/t21-,23-/m0/s1. The number of ether oxygens (including phenoxy) is 1. The lowest BCUT2D eigenvalue weighted by molar-refractivity contribution is -0.138. The molecule has 0 heterocycles. The highest BCUT2D eigenvalue weighted by atomic mass is 16.6. The van der Waals surface area contributed by atoms with Crippen LogP contribution in [-0.4, -0.2) is 60.3 Å². The van der Waals surface area contributed by atoms with Crippen LogP contribution in [0.2, 0.25) is 0 Å². The summed E-state index contributed by atoms with van der Waals surface area (Å²) in [4.78, 5) is 41.3. The average molecular weight is 462 g/mol. The van der Waals surface area contributed by atoms with Gasteiger partial charge in [-0.2, -0.15) is 0 Å². The van der Waals surface area contributed by atoms with Crippen LogP contribution in [0.25, 0.3) is 0 Å². The van der Waals surface area contributed by atoms with Crippen LogP contribution in [0.1, 0.15) is 60.5 Å². The second-order valence-electron chi connectivity index (χ2n) is 10.7. The quantitative estimate of drug-likeness (QED) is 0.541. The number of nitrogens with one attached hydrogen (secondary N) is 1. The van der Waals surface area contributed by atoms with Crippen molar-refractivity contribution in [2.24, 2.45) is 17.8 Å². The van der Waals surface area contributed by atoms with Crippen molar-refractivity contribution in [1.29, 1.82) is 0 Å². The van der Waals surface area contributed by atoms with E-state index in [1.807, 2.05) is 52.0 Å². The van der Waals surface area contributed by atoms with E-state index in [4.69, 9.17) is 4.74 Å². The van der Waals surface area contributed by atoms with Gasteiger partial charge in [0.15, 0.2) is 5.78 Å². The third-order valence-electron chi connectivity index (χ3n) is 5.49. The monoisotopic (exact) mass is 461 g/mol. The van der Waals surface area contributed by atoms with Crippen molar-refractivity contribution >= 4 is 23.5 Å². The Bertz CT molecular complexity index is 795. The molecule has 0 aliphatic heterocycles. The Kier molecular flexibility index (Phi) is 10.4. The fourth-order valence-electron chi connectivity index (χ4n) is 3.79. The summed E-state index contributed by atoms with van der Waals surface area (Å²) in [6.45, 7) is 14.0. The molecule has 0 fully saturated rings. The van der Waals surface area contributed by atoms with Crippen LogP contribution in [-0.2, 0) is 20.9 Å². The average Bonchev–Trinajstić information content (AvgIpc) is 2.69. The van der Waals surface area contributed by atoms with Crippen molar-refractivity contribution in [1.82, 2.24) is 9.80 Å². The van der Waals surface area contributed by atoms with E-state index in [0.717, 1.165) is 11.3 Å². The molecule has 0 aliphatic carbocycles. The van der Waals surface area contributed by atoms with E-state index in [1.165, 1.54) is 9.80 Å². The highest BCUT2D eigenvalue weighted by Gasteiger charge is 2.35. The summed E-state index contributed by atoms with van der Waals surface area (Å²) < 4.78 is 5.49. The molecule has 0 saturated heterocycles. The lowest BCUT2D eigenvalue weighted by Crippen LogP contribution is -2.47. The topological polar surface area (TPSA) is 79.0 Å². The minimum absolute atomic E-state index is 0.0182. The van der Waals surface area contributed by atoms with E-state index < -0.39 is 18.1 Å². The number of hydrogen-bond donors (Lipinski definition) is 1. The Balaban J connectivity index is 2.82. The molecule has 0 spiro atoms. The summed E-state index contributed by atoms with van der Waals surface area (Å²) in [6.07, 6.45) is -0.462. The number of hydrogen-bond acceptors (Lipinski definition) is 5. The van der Waals surface area contributed by atoms with Gasteiger partial charge in [-0.15, -0.1) is 0 Å². The third-order valence-corrected chi connectivity index (χ3v) is 5.49. The number of rotatable bonds is 10. The number of nitrogens with zero attached hydrogens (tertiary/aromatic N) is 2. The summed E-state index contributed by atoms with van der Waals surface area (Å²) >= 11 is 0. The van der Waals surface area contributed by atoms with Crippen LogP contribution in [0, 0.1) is 17.8 Å². The minimum Gasteiger partial charge on any atom is -0.445 e. The van der Waals surface area contributed by atoms with E-state index in [0.29, 0.717) is 0 Å². The molecule has 0 saturated carbocycles. The molecule has 2 atom stereocenters. The molecule has 0 radical (unpaired) electrons. The summed E-state index contributed by atoms with van der Waals surface area (Å²) in [5, 5.41) is 3.39. The zero-order valence-electron chi connectivity index (χ0n) is 22.1. The van der Waals surface area contributed by atoms with Crippen LogP contribution in [0.5, 0.6) is 0 Å². The van der Waals surface area contributed by atoms with Crippen LogP contribution in [0.3, 0.4) is 0 Å². The van der Waals surface area contributed by atoms with Crippen molar-refractivity contribution < 1.29 is 19.1 Å². The molecule has 1 aromatic carbocycles. The molecule has 7 heteroatoms. The van der Waals surface area contributed by atoms with Gasteiger partial charge >= 0.3 is 6.09 Å². The van der Waals surface area contributed by atoms with Gasteiger partial charge in [0.05, 0.1) is 6.04 Å². The van der Waals surface area contributed by atoms with Gasteiger partial charge < -0.3 is 19.9 Å². The van der Waals surface area contributed by atoms with Gasteiger partial charge in [0.1, 0.15) is 6.61 Å². The molecular weight excluding hydrogens is 418 g/mol. The molecular formula is C26H43N3O4. The maximum atomic E-state index is 13.2. The maximum absolute atomic E-state index is 13.2. The predicted octanol–water partition coefficient (Wildman–Crippen LogP) is 4.81. The third kappa shape index (κ3) is 9.06. The summed E-state index contributed by atoms with van der Waals surface area (Å²) in [7, 11) is 4.97. The lowest BCUT2D eigenvalue weighted by atomic mass is 9.85. The Hall–Kier alpha value is -2.57. The zero-order valence-corrected chi connectivity index (χ0v) is 22.1. The second-order valence-corrected chi connectivity index (χ2v) is 10.7. The van der Waals surface area contributed by atoms with Crippen molar-refractivity contribution in [2.75, 3.05) is 26.5 Å². The number of ketones is 1. The maximum Gasteiger partial charge on any atom is 0.410 e. The molecule has 1 rings (SSSR count). The van der Waals surface area contributed by atoms with E-state index >= 15 is 0 Å². The first kappa shape index (κ1) is 28.5. The number of carbonyl (C=O) groups is 3. The van der Waals surface area contributed by atoms with Gasteiger partial charge in [-0.05, 0) is 50.3 Å². The highest BCUT2D eigenvalue weighted by molar-refractivity contribution is 5.91. The fraction of sp³-hybridized carbons (Fsp3) is 0.654. The van der Waals surface area contributed by atoms with Gasteiger partial charge in [-0.1, -0.05) is 39.8 Å². The van der Waals surface area contributed by atoms with Crippen molar-refractivity contribution in [3.8, 4) is 0 Å². The first-order valence-electron chi connectivity index (χ1n) is 11.6. The van der Waals surface area contributed by atoms with Crippen molar-refractivity contribution in [3.63, 3.8) is 0 Å². The molecule has 1 aromatic rings. The van der Waals surface area contributed by atoms with Gasteiger partial charge in [-0.25, -0.2) is 4.79 Å². The minimum atomic E-state index is -0.660. The molecule has 186 valence electrons. The molecule has 0 aromatic heterocycles. The number of carbonyl (C=O) groups excluding carboxylic acids is 3. The van der Waals surface area contributed by atoms with Crippen LogP contribution in [0.4, 0.5) is 10.5 Å². The van der Waals surface area contributed by atoms with E-state index in [2.05, 4.69) is 26.1 Å². The Morgan fingerprint density at radius 1 is 0.939 bits per heavy atom. The fourth-order valence-corrected chi connectivity index (χ4v) is 3.79. The van der Waals surface area contributed by atoms with E-state index in [9.17, 15) is 14.4 Å². The molecule has 1 N–H and O–H groups in total. The Morgan fingerprint density at radius 3 is 1.91 bits per heavy atom. The Morgan fingerprint density at radius 2 is 1.48 bits per heavy atom. The number of likely N-dealkylation sites (N-methyl/N-ethyl adjacent to an activating group) is 1. The van der Waals surface area contributed by atoms with E-state index in [1.54, 1.807) is 21.1 Å². The molecule has 0 unspecified atom stereocenters. The summed E-state index contributed by atoms with van der Waals surface area (Å²) in [6, 6.07) is 7.06. The molecule has 2 amide bonds. The first-order chi connectivity index (χ1) is 15.1. The van der Waals surface area contributed by atoms with Gasteiger partial charge in [0.25, 0.3) is 0 Å². The number of amides is 2. The van der Waals surface area contributed by atoms with Gasteiger partial charge in [0.2, 0.25) is 5.91 Å². The SMILES string of the molecule is CC(C)[C@H](CC(=O)[C@H](C(C)C)N(C)C(=O)OCc1ccc(NC(C)(C)C)cc1)C(=O)N(C)C. The van der Waals surface area contributed by atoms with Crippen LogP contribution >= 0.6 is 0 Å². The number of benzene rings is 1. The lowest BCUT2D eigenvalue weighted by Gasteiger charge is -2.31. The smallest absolute Gasteiger partial charge is 0.410 e. The number of anilines is 1. The molecule has 33 heavy (non-hydrogen) atoms. The van der Waals surface area contributed by atoms with E-state index in [-0.39, 0.29) is 42.1 Å². The van der Waals surface area contributed by atoms with Crippen LogP contribution in [0.15, 0.2) is 24.3 Å². The largest absolute Gasteiger partial charge is 0.445 e. The molecule has 7 nitrogen and oxygen atoms in total. The highest BCUT2D eigenvalue weighted by Crippen LogP contribution is 2.23.